The van der Waals surface area contributed by atoms with Crippen LogP contribution in [0, 0.1) is 0 Å². The van der Waals surface area contributed by atoms with Crippen LogP contribution in [0.1, 0.15) is 27.2 Å². The first-order valence-corrected chi connectivity index (χ1v) is 5.51. The van der Waals surface area contributed by atoms with Gasteiger partial charge in [0.2, 0.25) is 6.29 Å². The molecule has 1 fully saturated rings. The molecule has 0 bridgehead atoms. The largest absolute Gasteiger partial charge is 0.463 e. The van der Waals surface area contributed by atoms with E-state index in [9.17, 15) is 14.4 Å². The minimum absolute atomic E-state index is 0.0326. The second-order valence-corrected chi connectivity index (χ2v) is 3.92. The van der Waals surface area contributed by atoms with E-state index < -0.39 is 36.4 Å². The lowest BCUT2D eigenvalue weighted by atomic mass is 10.2. The van der Waals surface area contributed by atoms with E-state index in [1.54, 1.807) is 0 Å². The average Bonchev–Trinajstić information content (AvgIpc) is 2.56. The maximum atomic E-state index is 10.9. The zero-order valence-corrected chi connectivity index (χ0v) is 10.5. The molecule has 7 heteroatoms. The molecule has 0 saturated carbocycles. The van der Waals surface area contributed by atoms with Crippen LogP contribution >= 0.6 is 0 Å². The molecule has 0 radical (unpaired) electrons. The summed E-state index contributed by atoms with van der Waals surface area (Å²) >= 11 is 0. The van der Waals surface area contributed by atoms with Crippen LogP contribution in [-0.4, -0.2) is 43.0 Å². The van der Waals surface area contributed by atoms with Crippen LogP contribution in [0.25, 0.3) is 0 Å². The van der Waals surface area contributed by atoms with Gasteiger partial charge < -0.3 is 18.9 Å². The molecule has 1 aliphatic heterocycles. The summed E-state index contributed by atoms with van der Waals surface area (Å²) in [6.45, 7) is 3.80. The normalized spacial score (nSPS) is 26.5. The number of hydrogen-bond acceptors (Lipinski definition) is 7. The van der Waals surface area contributed by atoms with Crippen LogP contribution in [0.2, 0.25) is 0 Å². The summed E-state index contributed by atoms with van der Waals surface area (Å²) in [5.41, 5.74) is 0. The van der Waals surface area contributed by atoms with Gasteiger partial charge in [0.05, 0.1) is 6.10 Å². The van der Waals surface area contributed by atoms with Crippen LogP contribution in [0.15, 0.2) is 0 Å². The number of hydrogen-bond donors (Lipinski definition) is 0. The van der Waals surface area contributed by atoms with Gasteiger partial charge in [-0.2, -0.15) is 0 Å². The second-order valence-electron chi connectivity index (χ2n) is 3.92. The summed E-state index contributed by atoms with van der Waals surface area (Å²) in [5.74, 6) is -1.46. The highest BCUT2D eigenvalue weighted by Crippen LogP contribution is 2.24. The van der Waals surface area contributed by atoms with Gasteiger partial charge in [0.25, 0.3) is 0 Å². The molecule has 0 spiro atoms. The monoisotopic (exact) mass is 260 g/mol. The van der Waals surface area contributed by atoms with Crippen molar-refractivity contribution in [1.82, 2.24) is 0 Å². The zero-order valence-electron chi connectivity index (χ0n) is 10.5. The van der Waals surface area contributed by atoms with E-state index in [1.807, 2.05) is 0 Å². The molecule has 0 N–H and O–H groups in total. The molecular formula is C11H16O7. The second kappa shape index (κ2) is 6.34. The Morgan fingerprint density at radius 2 is 1.67 bits per heavy atom. The summed E-state index contributed by atoms with van der Waals surface area (Å²) in [7, 11) is 0. The molecular weight excluding hydrogens is 244 g/mol. The third kappa shape index (κ3) is 4.70. The molecule has 1 saturated heterocycles. The molecule has 1 heterocycles. The maximum absolute atomic E-state index is 10.9. The Bertz CT molecular complexity index is 314. The summed E-state index contributed by atoms with van der Waals surface area (Å²) in [5, 5.41) is 0. The minimum Gasteiger partial charge on any atom is -0.463 e. The summed E-state index contributed by atoms with van der Waals surface area (Å²) in [4.78, 5) is 32.4. The third-order valence-electron chi connectivity index (χ3n) is 2.20. The van der Waals surface area contributed by atoms with Crippen molar-refractivity contribution in [2.45, 2.75) is 45.7 Å². The molecule has 0 amide bonds. The van der Waals surface area contributed by atoms with Crippen molar-refractivity contribution in [3.8, 4) is 0 Å². The van der Waals surface area contributed by atoms with E-state index in [2.05, 4.69) is 0 Å². The van der Waals surface area contributed by atoms with Crippen molar-refractivity contribution in [3.05, 3.63) is 0 Å². The highest BCUT2D eigenvalue weighted by molar-refractivity contribution is 5.67. The van der Waals surface area contributed by atoms with Crippen molar-refractivity contribution in [3.63, 3.8) is 0 Å². The van der Waals surface area contributed by atoms with E-state index in [4.69, 9.17) is 18.9 Å². The lowest BCUT2D eigenvalue weighted by molar-refractivity contribution is -0.196. The Labute approximate surface area is 104 Å². The molecule has 0 aromatic rings. The number of rotatable bonds is 4. The predicted octanol–water partition coefficient (Wildman–Crippen LogP) is 0.159. The molecule has 0 unspecified atom stereocenters. The summed E-state index contributed by atoms with van der Waals surface area (Å²) in [6, 6.07) is 0. The first kappa shape index (κ1) is 14.4. The van der Waals surface area contributed by atoms with Gasteiger partial charge >= 0.3 is 17.9 Å². The van der Waals surface area contributed by atoms with E-state index in [-0.39, 0.29) is 6.61 Å². The third-order valence-corrected chi connectivity index (χ3v) is 2.20. The van der Waals surface area contributed by atoms with E-state index >= 15 is 0 Å². The average molecular weight is 260 g/mol. The van der Waals surface area contributed by atoms with Crippen molar-refractivity contribution in [1.29, 1.82) is 0 Å². The topological polar surface area (TPSA) is 88.1 Å². The molecule has 0 aromatic carbocycles. The minimum atomic E-state index is -0.952. The molecule has 3 atom stereocenters. The highest BCUT2D eigenvalue weighted by Gasteiger charge is 2.40. The van der Waals surface area contributed by atoms with E-state index in [1.165, 1.54) is 20.8 Å². The van der Waals surface area contributed by atoms with Gasteiger partial charge in [-0.05, 0) is 0 Å². The Morgan fingerprint density at radius 3 is 2.17 bits per heavy atom. The SMILES string of the molecule is CC(=O)OC[C@H]1C[C@@H](OC(C)=O)[C@@H](OC(C)=O)O1. The number of esters is 3. The van der Waals surface area contributed by atoms with Gasteiger partial charge in [-0.1, -0.05) is 0 Å². The van der Waals surface area contributed by atoms with Gasteiger partial charge in [0.1, 0.15) is 6.61 Å². The van der Waals surface area contributed by atoms with Crippen LogP contribution in [0.4, 0.5) is 0 Å². The maximum Gasteiger partial charge on any atom is 0.305 e. The van der Waals surface area contributed by atoms with Crippen LogP contribution in [0.3, 0.4) is 0 Å². The standard InChI is InChI=1S/C11H16O7/c1-6(12)15-5-9-4-10(16-7(2)13)11(18-9)17-8(3)14/h9-11H,4-5H2,1-3H3/t9-,10-,11+/m1/s1. The van der Waals surface area contributed by atoms with Gasteiger partial charge in [0, 0.05) is 27.2 Å². The summed E-state index contributed by atoms with van der Waals surface area (Å²) < 4.78 is 20.0. The first-order chi connectivity index (χ1) is 8.38. The quantitative estimate of drug-likeness (QED) is 0.525. The lowest BCUT2D eigenvalue weighted by Gasteiger charge is -2.17. The Kier molecular flexibility index (Phi) is 5.08. The molecule has 1 rings (SSSR count). The number of carbonyl (C=O) groups is 3. The molecule has 1 aliphatic rings. The van der Waals surface area contributed by atoms with Crippen molar-refractivity contribution >= 4 is 17.9 Å². The summed E-state index contributed by atoms with van der Waals surface area (Å²) in [6.07, 6.45) is -1.77. The molecule has 7 nitrogen and oxygen atoms in total. The fourth-order valence-corrected chi connectivity index (χ4v) is 1.60. The zero-order chi connectivity index (χ0) is 13.7. The molecule has 102 valence electrons. The van der Waals surface area contributed by atoms with Crippen molar-refractivity contribution in [2.24, 2.45) is 0 Å². The Morgan fingerprint density at radius 1 is 1.06 bits per heavy atom. The molecule has 0 aliphatic carbocycles. The molecule has 0 aromatic heterocycles. The molecule has 18 heavy (non-hydrogen) atoms. The van der Waals surface area contributed by atoms with Gasteiger partial charge in [-0.15, -0.1) is 0 Å². The van der Waals surface area contributed by atoms with Crippen molar-refractivity contribution in [2.75, 3.05) is 6.61 Å². The Balaban J connectivity index is 2.54. The van der Waals surface area contributed by atoms with Gasteiger partial charge in [-0.25, -0.2) is 0 Å². The predicted molar refractivity (Wildman–Crippen MR) is 57.2 cm³/mol. The number of carbonyl (C=O) groups excluding carboxylic acids is 3. The van der Waals surface area contributed by atoms with Gasteiger partial charge in [-0.3, -0.25) is 14.4 Å². The lowest BCUT2D eigenvalue weighted by Crippen LogP contribution is -2.30. The van der Waals surface area contributed by atoms with Gasteiger partial charge in [0.15, 0.2) is 6.10 Å². The Hall–Kier alpha value is -1.63. The first-order valence-electron chi connectivity index (χ1n) is 5.51. The fraction of sp³-hybridized carbons (Fsp3) is 0.727. The smallest absolute Gasteiger partial charge is 0.305 e. The number of ether oxygens (including phenoxy) is 4. The van der Waals surface area contributed by atoms with Crippen LogP contribution < -0.4 is 0 Å². The fourth-order valence-electron chi connectivity index (χ4n) is 1.60. The van der Waals surface area contributed by atoms with E-state index in [0.717, 1.165) is 0 Å². The van der Waals surface area contributed by atoms with Crippen molar-refractivity contribution < 1.29 is 33.3 Å². The highest BCUT2D eigenvalue weighted by atomic mass is 16.7. The van der Waals surface area contributed by atoms with Crippen LogP contribution in [0.5, 0.6) is 0 Å². The van der Waals surface area contributed by atoms with E-state index in [0.29, 0.717) is 6.42 Å². The van der Waals surface area contributed by atoms with Crippen LogP contribution in [-0.2, 0) is 33.3 Å².